The van der Waals surface area contributed by atoms with Crippen molar-refractivity contribution in [1.29, 1.82) is 0 Å². The Balaban J connectivity index is 1.75. The van der Waals surface area contributed by atoms with E-state index in [1.165, 1.54) is 22.9 Å². The number of carbonyl (C=O) groups is 1. The number of rotatable bonds is 11. The molecule has 214 valence electrons. The van der Waals surface area contributed by atoms with Crippen LogP contribution in [-0.4, -0.2) is 37.0 Å². The predicted molar refractivity (Wildman–Crippen MR) is 155 cm³/mol. The van der Waals surface area contributed by atoms with Crippen molar-refractivity contribution in [3.8, 4) is 5.69 Å². The van der Waals surface area contributed by atoms with E-state index in [2.05, 4.69) is 22.0 Å². The zero-order chi connectivity index (χ0) is 29.7. The molecule has 2 N–H and O–H groups in total. The Hall–Kier alpha value is -4.12. The van der Waals surface area contributed by atoms with Crippen molar-refractivity contribution < 1.29 is 19.0 Å². The highest BCUT2D eigenvalue weighted by Crippen LogP contribution is 2.31. The summed E-state index contributed by atoms with van der Waals surface area (Å²) < 4.78 is 23.8. The first-order valence-corrected chi connectivity index (χ1v) is 13.4. The van der Waals surface area contributed by atoms with Crippen LogP contribution in [0, 0.1) is 12.7 Å². The lowest BCUT2D eigenvalue weighted by molar-refractivity contribution is 0.0989. The van der Waals surface area contributed by atoms with Crippen LogP contribution in [0.25, 0.3) is 5.69 Å². The largest absolute Gasteiger partial charge is 0.395 e. The topological polar surface area (TPSA) is 111 Å². The van der Waals surface area contributed by atoms with Gasteiger partial charge in [0.05, 0.1) is 29.6 Å². The van der Waals surface area contributed by atoms with Crippen LogP contribution in [0.2, 0.25) is 5.02 Å². The highest BCUT2D eigenvalue weighted by Gasteiger charge is 2.26. The lowest BCUT2D eigenvalue weighted by Gasteiger charge is -2.20. The van der Waals surface area contributed by atoms with Gasteiger partial charge in [-0.05, 0) is 50.1 Å². The lowest BCUT2D eigenvalue weighted by Crippen LogP contribution is -2.26. The van der Waals surface area contributed by atoms with Crippen LogP contribution < -0.4 is 11.0 Å². The number of aliphatic hydroxyl groups is 1. The number of hydrogen-bond acceptors (Lipinski definition) is 6. The number of ether oxygens (including phenoxy) is 1. The second kappa shape index (κ2) is 13.0. The number of nitrogens with zero attached hydrogens (tertiary/aromatic N) is 4. The van der Waals surface area contributed by atoms with Crippen molar-refractivity contribution in [2.45, 2.75) is 46.4 Å². The monoisotopic (exact) mass is 579 g/mol. The maximum absolute atomic E-state index is 15.7. The van der Waals surface area contributed by atoms with Crippen molar-refractivity contribution in [3.05, 3.63) is 116 Å². The van der Waals surface area contributed by atoms with Gasteiger partial charge < -0.3 is 15.2 Å². The minimum Gasteiger partial charge on any atom is -0.395 e. The molecule has 11 heteroatoms. The molecule has 2 aromatic carbocycles. The third-order valence-electron chi connectivity index (χ3n) is 6.67. The smallest absolute Gasteiger partial charge is 0.350 e. The summed E-state index contributed by atoms with van der Waals surface area (Å²) >= 11 is 6.26. The average molecular weight is 580 g/mol. The first-order valence-electron chi connectivity index (χ1n) is 13.0. The molecule has 1 unspecified atom stereocenters. The fourth-order valence-corrected chi connectivity index (χ4v) is 4.70. The summed E-state index contributed by atoms with van der Waals surface area (Å²) in [5.74, 6) is -1.93. The highest BCUT2D eigenvalue weighted by molar-refractivity contribution is 6.34. The van der Waals surface area contributed by atoms with Crippen LogP contribution in [0.3, 0.4) is 0 Å². The van der Waals surface area contributed by atoms with Gasteiger partial charge in [0, 0.05) is 24.2 Å². The molecular formula is C30H31ClFN5O4. The minimum absolute atomic E-state index is 0.0240. The van der Waals surface area contributed by atoms with Crippen LogP contribution in [0.4, 0.5) is 10.1 Å². The molecule has 0 aliphatic carbocycles. The molecule has 9 nitrogen and oxygen atoms in total. The third-order valence-corrected chi connectivity index (χ3v) is 6.99. The van der Waals surface area contributed by atoms with Gasteiger partial charge in [0.2, 0.25) is 0 Å². The van der Waals surface area contributed by atoms with E-state index in [9.17, 15) is 14.7 Å². The molecule has 0 aliphatic heterocycles. The van der Waals surface area contributed by atoms with Gasteiger partial charge in [-0.25, -0.2) is 9.18 Å². The number of benzene rings is 2. The van der Waals surface area contributed by atoms with E-state index >= 15 is 4.39 Å². The molecule has 0 radical (unpaired) electrons. The standard InChI is InChI=1S/C30H31ClFN5O4/c1-5-36-27(17-41-16-20-9-7-6-8-10-20)35-37(30(36)40)26-14-21(23(15-38)18(2)3)22(13-25(26)32)29(39)34-28-19(4)33-12-11-24(28)31/h6-14,23,38H,2,5,15-17H2,1,3-4H3,(H,34,39). The third kappa shape index (κ3) is 6.45. The molecule has 4 aromatic rings. The molecule has 2 heterocycles. The normalized spacial score (nSPS) is 11.9. The van der Waals surface area contributed by atoms with Gasteiger partial charge >= 0.3 is 5.69 Å². The Morgan fingerprint density at radius 1 is 1.22 bits per heavy atom. The van der Waals surface area contributed by atoms with Gasteiger partial charge in [-0.2, -0.15) is 4.68 Å². The summed E-state index contributed by atoms with van der Waals surface area (Å²) in [4.78, 5) is 30.8. The fraction of sp³-hybridized carbons (Fsp3) is 0.267. The van der Waals surface area contributed by atoms with E-state index in [0.717, 1.165) is 16.3 Å². The van der Waals surface area contributed by atoms with E-state index in [4.69, 9.17) is 16.3 Å². The second-order valence-corrected chi connectivity index (χ2v) is 9.92. The molecule has 0 aliphatic rings. The molecular weight excluding hydrogens is 549 g/mol. The molecule has 2 aromatic heterocycles. The molecule has 1 amide bonds. The Morgan fingerprint density at radius 2 is 1.95 bits per heavy atom. The fourth-order valence-electron chi connectivity index (χ4n) is 4.46. The van der Waals surface area contributed by atoms with Gasteiger partial charge in [-0.1, -0.05) is 54.1 Å². The zero-order valence-corrected chi connectivity index (χ0v) is 23.8. The number of pyridine rings is 1. The predicted octanol–water partition coefficient (Wildman–Crippen LogP) is 5.17. The summed E-state index contributed by atoms with van der Waals surface area (Å²) in [5, 5.41) is 17.5. The SMILES string of the molecule is C=C(C)C(CO)c1cc(-n2nc(COCc3ccccc3)n(CC)c2=O)c(F)cc1C(=O)Nc1c(Cl)ccnc1C. The van der Waals surface area contributed by atoms with Crippen LogP contribution in [0.15, 0.2) is 71.7 Å². The van der Waals surface area contributed by atoms with E-state index in [0.29, 0.717) is 23.7 Å². The van der Waals surface area contributed by atoms with E-state index in [1.54, 1.807) is 20.8 Å². The van der Waals surface area contributed by atoms with Gasteiger partial charge in [-0.3, -0.25) is 14.3 Å². The summed E-state index contributed by atoms with van der Waals surface area (Å²) in [6.45, 7) is 9.29. The lowest BCUT2D eigenvalue weighted by atomic mass is 9.89. The van der Waals surface area contributed by atoms with Crippen molar-refractivity contribution >= 4 is 23.2 Å². The van der Waals surface area contributed by atoms with Crippen molar-refractivity contribution in [2.75, 3.05) is 11.9 Å². The number of halogens is 2. The molecule has 1 atom stereocenters. The summed E-state index contributed by atoms with van der Waals surface area (Å²) in [6, 6.07) is 13.4. The maximum atomic E-state index is 15.7. The molecule has 0 spiro atoms. The Morgan fingerprint density at radius 3 is 2.59 bits per heavy atom. The zero-order valence-electron chi connectivity index (χ0n) is 23.0. The number of aromatic nitrogens is 4. The summed E-state index contributed by atoms with van der Waals surface area (Å²) in [7, 11) is 0. The van der Waals surface area contributed by atoms with E-state index in [1.807, 2.05) is 30.3 Å². The molecule has 0 fully saturated rings. The number of amides is 1. The Kier molecular flexibility index (Phi) is 9.49. The van der Waals surface area contributed by atoms with E-state index < -0.39 is 29.9 Å². The molecule has 0 saturated carbocycles. The molecule has 41 heavy (non-hydrogen) atoms. The van der Waals surface area contributed by atoms with Gasteiger partial charge in [-0.15, -0.1) is 5.10 Å². The van der Waals surface area contributed by atoms with Crippen LogP contribution >= 0.6 is 11.6 Å². The van der Waals surface area contributed by atoms with Gasteiger partial charge in [0.1, 0.15) is 18.1 Å². The quantitative estimate of drug-likeness (QED) is 0.237. The average Bonchev–Trinajstić information content (AvgIpc) is 3.26. The molecule has 4 rings (SSSR count). The number of nitrogens with one attached hydrogen (secondary N) is 1. The van der Waals surface area contributed by atoms with Gasteiger partial charge in [0.15, 0.2) is 5.82 Å². The van der Waals surface area contributed by atoms with Crippen molar-refractivity contribution in [2.24, 2.45) is 0 Å². The number of anilines is 1. The Bertz CT molecular complexity index is 1610. The van der Waals surface area contributed by atoms with Crippen molar-refractivity contribution in [3.63, 3.8) is 0 Å². The van der Waals surface area contributed by atoms with Crippen LogP contribution in [-0.2, 0) is 24.5 Å². The summed E-state index contributed by atoms with van der Waals surface area (Å²) in [5.41, 5.74) is 1.73. The minimum atomic E-state index is -0.856. The maximum Gasteiger partial charge on any atom is 0.350 e. The van der Waals surface area contributed by atoms with E-state index in [-0.39, 0.29) is 40.7 Å². The van der Waals surface area contributed by atoms with Crippen molar-refractivity contribution in [1.82, 2.24) is 19.3 Å². The Labute approximate surface area is 241 Å². The molecule has 0 saturated heterocycles. The summed E-state index contributed by atoms with van der Waals surface area (Å²) in [6.07, 6.45) is 1.50. The number of hydrogen-bond donors (Lipinski definition) is 2. The number of carbonyl (C=O) groups excluding carboxylic acids is 1. The van der Waals surface area contributed by atoms with Crippen LogP contribution in [0.1, 0.15) is 52.8 Å². The second-order valence-electron chi connectivity index (χ2n) is 9.51. The highest BCUT2D eigenvalue weighted by atomic mass is 35.5. The van der Waals surface area contributed by atoms with Gasteiger partial charge in [0.25, 0.3) is 5.91 Å². The number of aliphatic hydroxyl groups excluding tert-OH is 1. The van der Waals surface area contributed by atoms with Crippen LogP contribution in [0.5, 0.6) is 0 Å². The first kappa shape index (κ1) is 29.9. The number of aryl methyl sites for hydroxylation is 1. The molecule has 0 bridgehead atoms. The first-order chi connectivity index (χ1) is 19.7.